The van der Waals surface area contributed by atoms with Gasteiger partial charge in [0.2, 0.25) is 0 Å². The number of halogens is 2. The van der Waals surface area contributed by atoms with Crippen LogP contribution in [0.4, 0.5) is 4.79 Å². The fourth-order valence-electron chi connectivity index (χ4n) is 0. The van der Waals surface area contributed by atoms with E-state index in [0.717, 1.165) is 0 Å². The highest BCUT2D eigenvalue weighted by Gasteiger charge is 1.72. The van der Waals surface area contributed by atoms with Gasteiger partial charge in [0.15, 0.2) is 0 Å². The van der Waals surface area contributed by atoms with Gasteiger partial charge in [0.05, 0.1) is 0 Å². The first-order chi connectivity index (χ1) is 1.73. The molecule has 0 amide bonds. The Kier molecular flexibility index (Phi) is 1.66. The van der Waals surface area contributed by atoms with E-state index in [2.05, 4.69) is 23.2 Å². The molecule has 4 heavy (non-hydrogen) atoms. The van der Waals surface area contributed by atoms with E-state index in [-0.39, 0.29) is 0 Å². The number of hydrogen-bond donors (Lipinski definition) is 0. The van der Waals surface area contributed by atoms with Gasteiger partial charge >= 0.3 is 4.70 Å². The van der Waals surface area contributed by atoms with Gasteiger partial charge in [0.25, 0.3) is 0 Å². The van der Waals surface area contributed by atoms with Gasteiger partial charge in [-0.15, -0.1) is 0 Å². The smallest absolute Gasteiger partial charge is 0.262 e. The number of hydrogen-bond acceptors (Lipinski definition) is 1. The molecule has 1 nitrogen and oxygen atoms in total. The Hall–Kier alpha value is 0.250. The molecule has 0 aliphatic heterocycles. The molecule has 0 aromatic heterocycles. The molecule has 3 heteroatoms. The first-order valence-corrected chi connectivity index (χ1v) is 1.34. The Morgan fingerprint density at radius 1 is 1.50 bits per heavy atom. The van der Waals surface area contributed by atoms with E-state index in [1.807, 2.05) is 0 Å². The van der Waals surface area contributed by atoms with E-state index < -0.39 is 4.70 Å². The van der Waals surface area contributed by atoms with E-state index in [4.69, 9.17) is 4.79 Å². The lowest BCUT2D eigenvalue weighted by molar-refractivity contribution is 0.275. The number of carbonyl (C=O) groups excluding carboxylic acids is 1. The Morgan fingerprint density at radius 2 is 1.50 bits per heavy atom. The maximum absolute atomic E-state index is 8.98. The minimum absolute atomic E-state index is 0.889. The lowest BCUT2D eigenvalue weighted by Crippen LogP contribution is -1.46. The van der Waals surface area contributed by atoms with Crippen molar-refractivity contribution >= 4 is 27.9 Å². The van der Waals surface area contributed by atoms with Gasteiger partial charge in [-0.05, 0) is 23.2 Å². The van der Waals surface area contributed by atoms with Crippen LogP contribution in [0.15, 0.2) is 0 Å². The van der Waals surface area contributed by atoms with Crippen LogP contribution >= 0.6 is 23.2 Å². The summed E-state index contributed by atoms with van der Waals surface area (Å²) in [6.45, 7) is 0. The van der Waals surface area contributed by atoms with Crippen molar-refractivity contribution in [2.45, 2.75) is 0 Å². The third kappa shape index (κ3) is 56.3. The van der Waals surface area contributed by atoms with E-state index >= 15 is 0 Å². The monoisotopic (exact) mass is 97.9 g/mol. The molecule has 0 aromatic carbocycles. The molecule has 0 aliphatic rings. The predicted molar refractivity (Wildman–Crippen MR) is 17.1 cm³/mol. The zero-order valence-electron chi connectivity index (χ0n) is 1.66. The highest BCUT2D eigenvalue weighted by molar-refractivity contribution is 6.93. The van der Waals surface area contributed by atoms with Gasteiger partial charge in [0, 0.05) is 0 Å². The van der Waals surface area contributed by atoms with Crippen molar-refractivity contribution in [3.63, 3.8) is 0 Å². The molecule has 0 bridgehead atoms. The molecule has 0 saturated heterocycles. The summed E-state index contributed by atoms with van der Waals surface area (Å²) >= 11 is 8.80. The molecule has 0 saturated carbocycles. The zero-order chi connectivity index (χ0) is 3.58. The Balaban J connectivity index is 2.80. The third-order valence-corrected chi connectivity index (χ3v) is 0. The summed E-state index contributed by atoms with van der Waals surface area (Å²) < 4.78 is -0.889. The Labute approximate surface area is 33.5 Å². The molecule has 0 spiro atoms. The second-order valence-corrected chi connectivity index (χ2v) is 1.11. The van der Waals surface area contributed by atoms with Crippen LogP contribution in [0.5, 0.6) is 0 Å². The summed E-state index contributed by atoms with van der Waals surface area (Å²) in [6, 6.07) is 0. The molecule has 0 rings (SSSR count). The minimum atomic E-state index is -0.889. The van der Waals surface area contributed by atoms with Gasteiger partial charge < -0.3 is 0 Å². The second-order valence-electron chi connectivity index (χ2n) is 0.226. The van der Waals surface area contributed by atoms with Gasteiger partial charge in [-0.25, -0.2) is 0 Å². The molecule has 24 valence electrons. The molecule has 0 radical (unpaired) electrons. The van der Waals surface area contributed by atoms with Crippen LogP contribution in [0.2, 0.25) is 0 Å². The highest BCUT2D eigenvalue weighted by atomic mass is 35.5. The van der Waals surface area contributed by atoms with E-state index in [1.165, 1.54) is 0 Å². The molecule has 0 unspecified atom stereocenters. The SMILES string of the molecule is O=[12C](Cl)Cl. The van der Waals surface area contributed by atoms with Crippen molar-refractivity contribution in [2.24, 2.45) is 0 Å². The van der Waals surface area contributed by atoms with Crippen LogP contribution in [-0.4, -0.2) is 4.70 Å². The fraction of sp³-hybridized carbons (Fsp3) is 0. The van der Waals surface area contributed by atoms with Crippen molar-refractivity contribution in [1.82, 2.24) is 0 Å². The van der Waals surface area contributed by atoms with E-state index in [1.54, 1.807) is 0 Å². The van der Waals surface area contributed by atoms with Crippen LogP contribution in [0.25, 0.3) is 0 Å². The third-order valence-electron chi connectivity index (χ3n) is 0. The van der Waals surface area contributed by atoms with Crippen molar-refractivity contribution in [3.8, 4) is 0 Å². The standard InChI is InChI=1S/CCl2O/c2-1(3)4/i1+0. The maximum atomic E-state index is 8.98. The normalized spacial score (nSPS) is 6.50. The topological polar surface area (TPSA) is 17.1 Å². The van der Waals surface area contributed by atoms with Crippen LogP contribution in [0, 0.1) is 0 Å². The van der Waals surface area contributed by atoms with Crippen molar-refractivity contribution < 1.29 is 4.79 Å². The summed E-state index contributed by atoms with van der Waals surface area (Å²) in [4.78, 5) is 8.98. The molecule has 0 N–H and O–H groups in total. The summed E-state index contributed by atoms with van der Waals surface area (Å²) in [7, 11) is 0. The Bertz CT molecular complexity index is 29.0. The highest BCUT2D eigenvalue weighted by Crippen LogP contribution is 1.84. The summed E-state index contributed by atoms with van der Waals surface area (Å²) in [5.41, 5.74) is 0. The second kappa shape index (κ2) is 1.56. The van der Waals surface area contributed by atoms with Gasteiger partial charge in [-0.2, -0.15) is 0 Å². The van der Waals surface area contributed by atoms with E-state index in [0.29, 0.717) is 0 Å². The van der Waals surface area contributed by atoms with Crippen molar-refractivity contribution in [1.29, 1.82) is 0 Å². The molecule has 0 heterocycles. The Morgan fingerprint density at radius 3 is 1.50 bits per heavy atom. The van der Waals surface area contributed by atoms with Crippen molar-refractivity contribution in [3.05, 3.63) is 0 Å². The van der Waals surface area contributed by atoms with Crippen LogP contribution in [0.3, 0.4) is 0 Å². The summed E-state index contributed by atoms with van der Waals surface area (Å²) in [6.07, 6.45) is 0. The molecule has 0 aromatic rings. The van der Waals surface area contributed by atoms with Crippen LogP contribution < -0.4 is 0 Å². The number of carbonyl (C=O) groups is 1. The lowest BCUT2D eigenvalue weighted by atomic mass is 11.8. The van der Waals surface area contributed by atoms with Crippen LogP contribution in [0.1, 0.15) is 0 Å². The maximum Gasteiger partial charge on any atom is 0.313 e. The zero-order valence-corrected chi connectivity index (χ0v) is 3.18. The molecule has 0 atom stereocenters. The lowest BCUT2D eigenvalue weighted by Gasteiger charge is -1.48. The molecular weight excluding hydrogens is 98.9 g/mol. The largest absolute Gasteiger partial charge is 0.313 e. The molecule has 0 aliphatic carbocycles. The molecular formula is CCl2O. The van der Waals surface area contributed by atoms with Gasteiger partial charge in [-0.3, -0.25) is 4.79 Å². The first-order valence-electron chi connectivity index (χ1n) is 0.582. The number of rotatable bonds is 0. The average Bonchev–Trinajstić information content (AvgIpc) is 0.811. The average molecular weight is 98.9 g/mol. The minimum Gasteiger partial charge on any atom is -0.262 e. The summed E-state index contributed by atoms with van der Waals surface area (Å²) in [5, 5.41) is 0. The van der Waals surface area contributed by atoms with Crippen molar-refractivity contribution in [2.75, 3.05) is 0 Å². The van der Waals surface area contributed by atoms with E-state index in [9.17, 15) is 0 Å². The van der Waals surface area contributed by atoms with Gasteiger partial charge in [0.1, 0.15) is 0 Å². The van der Waals surface area contributed by atoms with Gasteiger partial charge in [-0.1, -0.05) is 0 Å². The fourth-order valence-corrected chi connectivity index (χ4v) is 0. The summed E-state index contributed by atoms with van der Waals surface area (Å²) in [5.74, 6) is 0. The quantitative estimate of drug-likeness (QED) is 0.421. The first kappa shape index (κ1) is 4.25. The molecule has 0 fully saturated rings. The van der Waals surface area contributed by atoms with Crippen LogP contribution in [-0.2, 0) is 0 Å². The predicted octanol–water partition coefficient (Wildman–Crippen LogP) is 1.58.